The van der Waals surface area contributed by atoms with E-state index >= 15 is 0 Å². The molecule has 112 valence electrons. The van der Waals surface area contributed by atoms with Crippen LogP contribution in [-0.2, 0) is 0 Å². The third-order valence-corrected chi connectivity index (χ3v) is 3.64. The second-order valence-corrected chi connectivity index (χ2v) is 4.71. The van der Waals surface area contributed by atoms with Gasteiger partial charge in [0.05, 0.1) is 12.9 Å². The van der Waals surface area contributed by atoms with Gasteiger partial charge >= 0.3 is 0 Å². The summed E-state index contributed by atoms with van der Waals surface area (Å²) in [6.45, 7) is -0.663. The number of aliphatic hydroxyl groups is 3. The minimum atomic E-state index is -1.46. The van der Waals surface area contributed by atoms with Crippen molar-refractivity contribution in [3.05, 3.63) is 24.1 Å². The minimum Gasteiger partial charge on any atom is -0.392 e. The summed E-state index contributed by atoms with van der Waals surface area (Å²) < 4.78 is 15.6. The third-order valence-electron chi connectivity index (χ3n) is 3.64. The first-order chi connectivity index (χ1) is 10.1. The fourth-order valence-electron chi connectivity index (χ4n) is 2.55. The van der Waals surface area contributed by atoms with Crippen molar-refractivity contribution in [2.75, 3.05) is 19.0 Å². The lowest BCUT2D eigenvalue weighted by Gasteiger charge is -2.18. The highest BCUT2D eigenvalue weighted by Gasteiger charge is 2.43. The van der Waals surface area contributed by atoms with Crippen molar-refractivity contribution in [3.63, 3.8) is 0 Å². The molecule has 0 saturated carbocycles. The zero-order chi connectivity index (χ0) is 15.1. The molecular formula is C12H14FN5O3. The number of hydrogen-bond donors (Lipinski definition) is 4. The van der Waals surface area contributed by atoms with E-state index in [-0.39, 0.29) is 5.57 Å². The molecule has 3 unspecified atom stereocenters. The van der Waals surface area contributed by atoms with E-state index in [0.29, 0.717) is 17.0 Å². The molecule has 2 heterocycles. The Balaban J connectivity index is 2.15. The topological polar surface area (TPSA) is 116 Å². The Morgan fingerprint density at radius 2 is 2.10 bits per heavy atom. The number of fused-ring (bicyclic) bond motifs is 1. The summed E-state index contributed by atoms with van der Waals surface area (Å²) in [6, 6.07) is -1.17. The highest BCUT2D eigenvalue weighted by atomic mass is 19.1. The fourth-order valence-corrected chi connectivity index (χ4v) is 2.55. The Morgan fingerprint density at radius 3 is 2.71 bits per heavy atom. The molecule has 0 bridgehead atoms. The van der Waals surface area contributed by atoms with Crippen molar-refractivity contribution >= 4 is 17.0 Å². The lowest BCUT2D eigenvalue weighted by Crippen LogP contribution is -2.30. The number of anilines is 1. The summed E-state index contributed by atoms with van der Waals surface area (Å²) in [6.07, 6.45) is -0.264. The number of aliphatic hydroxyl groups excluding tert-OH is 3. The molecule has 1 aliphatic carbocycles. The average Bonchev–Trinajstić information content (AvgIpc) is 2.99. The quantitative estimate of drug-likeness (QED) is 0.595. The van der Waals surface area contributed by atoms with Gasteiger partial charge in [-0.2, -0.15) is 0 Å². The third kappa shape index (κ3) is 1.89. The van der Waals surface area contributed by atoms with Crippen molar-refractivity contribution < 1.29 is 19.7 Å². The van der Waals surface area contributed by atoms with Crippen LogP contribution in [0, 0.1) is 0 Å². The molecular weight excluding hydrogens is 281 g/mol. The highest BCUT2D eigenvalue weighted by molar-refractivity contribution is 5.82. The van der Waals surface area contributed by atoms with E-state index in [4.69, 9.17) is 5.11 Å². The van der Waals surface area contributed by atoms with Crippen LogP contribution in [0.5, 0.6) is 0 Å². The van der Waals surface area contributed by atoms with E-state index < -0.39 is 30.7 Å². The van der Waals surface area contributed by atoms with Crippen LogP contribution in [0.15, 0.2) is 24.1 Å². The molecule has 0 aromatic carbocycles. The van der Waals surface area contributed by atoms with Crippen LogP contribution >= 0.6 is 0 Å². The zero-order valence-corrected chi connectivity index (χ0v) is 11.1. The van der Waals surface area contributed by atoms with Crippen molar-refractivity contribution in [1.82, 2.24) is 19.5 Å². The maximum Gasteiger partial charge on any atom is 0.166 e. The molecule has 0 radical (unpaired) electrons. The number of aromatic nitrogens is 4. The van der Waals surface area contributed by atoms with Crippen molar-refractivity contribution in [1.29, 1.82) is 0 Å². The summed E-state index contributed by atoms with van der Waals surface area (Å²) in [5, 5.41) is 31.8. The normalized spacial score (nSPS) is 25.9. The summed E-state index contributed by atoms with van der Waals surface area (Å²) >= 11 is 0. The highest BCUT2D eigenvalue weighted by Crippen LogP contribution is 2.38. The van der Waals surface area contributed by atoms with Gasteiger partial charge in [0.2, 0.25) is 0 Å². The first-order valence-corrected chi connectivity index (χ1v) is 6.30. The van der Waals surface area contributed by atoms with E-state index in [9.17, 15) is 14.6 Å². The molecule has 1 aliphatic rings. The Labute approximate surface area is 118 Å². The Morgan fingerprint density at radius 1 is 1.33 bits per heavy atom. The van der Waals surface area contributed by atoms with Crippen molar-refractivity contribution in [2.24, 2.45) is 0 Å². The molecule has 0 amide bonds. The largest absolute Gasteiger partial charge is 0.392 e. The SMILES string of the molecule is CNc1ncnc2c1ncn2C1C(F)=C(CO)C(O)C1O. The van der Waals surface area contributed by atoms with E-state index in [1.165, 1.54) is 17.2 Å². The number of imidazole rings is 1. The number of nitrogens with one attached hydrogen (secondary N) is 1. The van der Waals surface area contributed by atoms with Gasteiger partial charge in [0.25, 0.3) is 0 Å². The first-order valence-electron chi connectivity index (χ1n) is 6.30. The summed E-state index contributed by atoms with van der Waals surface area (Å²) in [4.78, 5) is 12.1. The smallest absolute Gasteiger partial charge is 0.166 e. The maximum absolute atomic E-state index is 14.3. The first kappa shape index (κ1) is 13.9. The van der Waals surface area contributed by atoms with Gasteiger partial charge in [0, 0.05) is 12.6 Å². The van der Waals surface area contributed by atoms with E-state index in [2.05, 4.69) is 20.3 Å². The Kier molecular flexibility index (Phi) is 3.32. The van der Waals surface area contributed by atoms with Crippen LogP contribution in [0.3, 0.4) is 0 Å². The maximum atomic E-state index is 14.3. The van der Waals surface area contributed by atoms with Crippen LogP contribution in [0.25, 0.3) is 11.2 Å². The molecule has 21 heavy (non-hydrogen) atoms. The summed E-state index contributed by atoms with van der Waals surface area (Å²) in [5.41, 5.74) is 0.518. The van der Waals surface area contributed by atoms with E-state index in [0.717, 1.165) is 0 Å². The van der Waals surface area contributed by atoms with Crippen LogP contribution in [0.2, 0.25) is 0 Å². The van der Waals surface area contributed by atoms with Gasteiger partial charge in [-0.1, -0.05) is 0 Å². The van der Waals surface area contributed by atoms with Crippen molar-refractivity contribution in [3.8, 4) is 0 Å². The van der Waals surface area contributed by atoms with Gasteiger partial charge < -0.3 is 25.2 Å². The van der Waals surface area contributed by atoms with Gasteiger partial charge in [-0.05, 0) is 0 Å². The Bertz CT molecular complexity index is 716. The van der Waals surface area contributed by atoms with Crippen LogP contribution in [0.4, 0.5) is 10.2 Å². The molecule has 9 heteroatoms. The second kappa shape index (κ2) is 5.02. The molecule has 3 atom stereocenters. The molecule has 4 N–H and O–H groups in total. The summed E-state index contributed by atoms with van der Waals surface area (Å²) in [7, 11) is 1.67. The van der Waals surface area contributed by atoms with E-state index in [1.54, 1.807) is 7.05 Å². The molecule has 0 aliphatic heterocycles. The summed E-state index contributed by atoms with van der Waals surface area (Å²) in [5.74, 6) is -0.306. The number of rotatable bonds is 3. The van der Waals surface area contributed by atoms with Gasteiger partial charge in [0.1, 0.15) is 35.9 Å². The molecule has 0 spiro atoms. The number of nitrogens with zero attached hydrogens (tertiary/aromatic N) is 4. The van der Waals surface area contributed by atoms with Gasteiger partial charge in [0.15, 0.2) is 11.5 Å². The van der Waals surface area contributed by atoms with E-state index in [1.807, 2.05) is 0 Å². The predicted molar refractivity (Wildman–Crippen MR) is 71.1 cm³/mol. The molecule has 0 saturated heterocycles. The number of hydrogen-bond acceptors (Lipinski definition) is 7. The minimum absolute atomic E-state index is 0.225. The second-order valence-electron chi connectivity index (χ2n) is 4.71. The number of halogens is 1. The molecule has 3 rings (SSSR count). The van der Waals surface area contributed by atoms with Gasteiger partial charge in [-0.15, -0.1) is 0 Å². The fraction of sp³-hybridized carbons (Fsp3) is 0.417. The van der Waals surface area contributed by atoms with Gasteiger partial charge in [-0.3, -0.25) is 0 Å². The molecule has 2 aromatic rings. The van der Waals surface area contributed by atoms with Crippen LogP contribution < -0.4 is 5.32 Å². The lowest BCUT2D eigenvalue weighted by atomic mass is 10.1. The molecule has 8 nitrogen and oxygen atoms in total. The average molecular weight is 295 g/mol. The zero-order valence-electron chi connectivity index (χ0n) is 11.1. The lowest BCUT2D eigenvalue weighted by molar-refractivity contribution is 0.0262. The van der Waals surface area contributed by atoms with Crippen LogP contribution in [-0.4, -0.2) is 60.7 Å². The van der Waals surface area contributed by atoms with Gasteiger partial charge in [-0.25, -0.2) is 19.3 Å². The van der Waals surface area contributed by atoms with Crippen LogP contribution in [0.1, 0.15) is 6.04 Å². The van der Waals surface area contributed by atoms with Crippen molar-refractivity contribution in [2.45, 2.75) is 18.2 Å². The predicted octanol–water partition coefficient (Wildman–Crippen LogP) is -0.640. The standard InChI is InChI=1S/C12H14FN5O3/c1-14-11-7-12(16-3-15-11)18(4-17-7)8-6(13)5(2-19)9(20)10(8)21/h3-4,8-10,19-21H,2H2,1H3,(H,14,15,16). The Hall–Kier alpha value is -2.10. The monoisotopic (exact) mass is 295 g/mol. The molecule has 2 aromatic heterocycles. The molecule has 0 fully saturated rings.